The summed E-state index contributed by atoms with van der Waals surface area (Å²) in [7, 11) is -3.70. The number of aryl methyl sites for hydroxylation is 1. The lowest BCUT2D eigenvalue weighted by Crippen LogP contribution is -2.24. The predicted octanol–water partition coefficient (Wildman–Crippen LogP) is 3.41. The molecule has 1 heterocycles. The van der Waals surface area contributed by atoms with E-state index in [-0.39, 0.29) is 22.3 Å². The summed E-state index contributed by atoms with van der Waals surface area (Å²) in [6.07, 6.45) is 0.653. The van der Waals surface area contributed by atoms with Crippen LogP contribution in [0.5, 0.6) is 0 Å². The molecule has 0 bridgehead atoms. The van der Waals surface area contributed by atoms with Crippen LogP contribution in [-0.4, -0.2) is 37.9 Å². The monoisotopic (exact) mass is 420 g/mol. The Morgan fingerprint density at radius 1 is 1.17 bits per heavy atom. The minimum Gasteiger partial charge on any atom is -0.454 e. The van der Waals surface area contributed by atoms with Crippen LogP contribution in [0.1, 0.15) is 65.3 Å². The number of ketones is 1. The number of esters is 1. The summed E-state index contributed by atoms with van der Waals surface area (Å²) >= 11 is 0. The first-order chi connectivity index (χ1) is 13.6. The first kappa shape index (κ1) is 22.8. The Bertz CT molecular complexity index is 1010. The van der Waals surface area contributed by atoms with Crippen LogP contribution in [-0.2, 0) is 14.8 Å². The second-order valence-electron chi connectivity index (χ2n) is 7.17. The Balaban J connectivity index is 2.11. The lowest BCUT2D eigenvalue weighted by molar-refractivity contribution is 0.0474. The van der Waals surface area contributed by atoms with Gasteiger partial charge >= 0.3 is 5.97 Å². The lowest BCUT2D eigenvalue weighted by Gasteiger charge is -2.13. The molecular formula is C21H28N2O5S. The summed E-state index contributed by atoms with van der Waals surface area (Å²) in [4.78, 5) is 24.9. The SMILES string of the molecule is CCCNS(=O)(=O)c1cccc(C(=O)OCC(=O)c2cc(C)n(C(C)C)c2C)c1. The van der Waals surface area contributed by atoms with Crippen LogP contribution in [0.15, 0.2) is 35.2 Å². The number of benzene rings is 1. The van der Waals surface area contributed by atoms with Gasteiger partial charge in [-0.1, -0.05) is 13.0 Å². The highest BCUT2D eigenvalue weighted by Gasteiger charge is 2.20. The predicted molar refractivity (Wildman–Crippen MR) is 111 cm³/mol. The van der Waals surface area contributed by atoms with Gasteiger partial charge in [-0.05, 0) is 58.4 Å². The third-order valence-electron chi connectivity index (χ3n) is 4.56. The van der Waals surface area contributed by atoms with Gasteiger partial charge in [0.15, 0.2) is 6.61 Å². The van der Waals surface area contributed by atoms with Crippen molar-refractivity contribution in [3.8, 4) is 0 Å². The van der Waals surface area contributed by atoms with E-state index in [1.54, 1.807) is 6.07 Å². The van der Waals surface area contributed by atoms with Crippen molar-refractivity contribution in [2.45, 2.75) is 52.0 Å². The maximum atomic E-state index is 12.5. The van der Waals surface area contributed by atoms with E-state index < -0.39 is 22.6 Å². The van der Waals surface area contributed by atoms with Crippen molar-refractivity contribution in [2.75, 3.05) is 13.2 Å². The molecule has 0 unspecified atom stereocenters. The first-order valence-corrected chi connectivity index (χ1v) is 11.0. The molecule has 0 saturated heterocycles. The number of hydrogen-bond acceptors (Lipinski definition) is 5. The van der Waals surface area contributed by atoms with Crippen molar-refractivity contribution >= 4 is 21.8 Å². The number of ether oxygens (including phenoxy) is 1. The van der Waals surface area contributed by atoms with Crippen LogP contribution < -0.4 is 4.72 Å². The van der Waals surface area contributed by atoms with Crippen molar-refractivity contribution in [3.63, 3.8) is 0 Å². The zero-order valence-electron chi connectivity index (χ0n) is 17.5. The maximum absolute atomic E-state index is 12.5. The standard InChI is InChI=1S/C21H28N2O5S/c1-6-10-22-29(26,27)18-9-7-8-17(12-18)21(25)28-13-20(24)19-11-15(4)23(14(2)3)16(19)5/h7-9,11-12,14,22H,6,10,13H2,1-5H3. The highest BCUT2D eigenvalue weighted by Crippen LogP contribution is 2.21. The van der Waals surface area contributed by atoms with Gasteiger partial charge in [-0.15, -0.1) is 0 Å². The topological polar surface area (TPSA) is 94.5 Å². The van der Waals surface area contributed by atoms with Crippen molar-refractivity contribution in [2.24, 2.45) is 0 Å². The lowest BCUT2D eigenvalue weighted by atomic mass is 10.1. The van der Waals surface area contributed by atoms with E-state index in [9.17, 15) is 18.0 Å². The third-order valence-corrected chi connectivity index (χ3v) is 6.02. The Morgan fingerprint density at radius 2 is 1.86 bits per heavy atom. The summed E-state index contributed by atoms with van der Waals surface area (Å²) in [6, 6.07) is 7.57. The molecule has 0 aliphatic heterocycles. The minimum atomic E-state index is -3.70. The van der Waals surface area contributed by atoms with Gasteiger partial charge < -0.3 is 9.30 Å². The van der Waals surface area contributed by atoms with Gasteiger partial charge in [0.05, 0.1) is 10.5 Å². The van der Waals surface area contributed by atoms with Crippen LogP contribution in [0.25, 0.3) is 0 Å². The molecule has 1 N–H and O–H groups in total. The molecule has 8 heteroatoms. The second-order valence-corrected chi connectivity index (χ2v) is 8.94. The second kappa shape index (κ2) is 9.37. The third kappa shape index (κ3) is 5.33. The van der Waals surface area contributed by atoms with Gasteiger partial charge in [0.25, 0.3) is 0 Å². The van der Waals surface area contributed by atoms with Gasteiger partial charge in [0.1, 0.15) is 0 Å². The summed E-state index contributed by atoms with van der Waals surface area (Å²) in [5, 5.41) is 0. The minimum absolute atomic E-state index is 0.0211. The number of nitrogens with zero attached hydrogens (tertiary/aromatic N) is 1. The highest BCUT2D eigenvalue weighted by molar-refractivity contribution is 7.89. The molecule has 0 fully saturated rings. The Morgan fingerprint density at radius 3 is 2.45 bits per heavy atom. The molecule has 7 nitrogen and oxygen atoms in total. The zero-order valence-corrected chi connectivity index (χ0v) is 18.3. The number of nitrogens with one attached hydrogen (secondary N) is 1. The fourth-order valence-corrected chi connectivity index (χ4v) is 4.44. The van der Waals surface area contributed by atoms with Crippen molar-refractivity contribution in [1.82, 2.24) is 9.29 Å². The fraction of sp³-hybridized carbons (Fsp3) is 0.429. The average Bonchev–Trinajstić information content (AvgIpc) is 2.98. The zero-order chi connectivity index (χ0) is 21.8. The summed E-state index contributed by atoms with van der Waals surface area (Å²) in [5.41, 5.74) is 2.38. The molecule has 0 spiro atoms. The van der Waals surface area contributed by atoms with Gasteiger partial charge in [-0.3, -0.25) is 4.79 Å². The molecule has 2 rings (SSSR count). The van der Waals surface area contributed by atoms with Gasteiger partial charge in [0, 0.05) is 29.5 Å². The quantitative estimate of drug-likeness (QED) is 0.495. The van der Waals surface area contributed by atoms with Gasteiger partial charge in [0.2, 0.25) is 15.8 Å². The van der Waals surface area contributed by atoms with E-state index in [2.05, 4.69) is 4.72 Å². The van der Waals surface area contributed by atoms with E-state index in [1.807, 2.05) is 39.2 Å². The number of rotatable bonds is 9. The highest BCUT2D eigenvalue weighted by atomic mass is 32.2. The van der Waals surface area contributed by atoms with Crippen molar-refractivity contribution < 1.29 is 22.7 Å². The molecule has 2 aromatic rings. The van der Waals surface area contributed by atoms with Crippen LogP contribution >= 0.6 is 0 Å². The molecule has 0 amide bonds. The summed E-state index contributed by atoms with van der Waals surface area (Å²) in [6.45, 7) is 9.60. The van der Waals surface area contributed by atoms with Crippen molar-refractivity contribution in [3.05, 3.63) is 52.8 Å². The smallest absolute Gasteiger partial charge is 0.338 e. The molecule has 0 atom stereocenters. The molecule has 1 aromatic heterocycles. The molecule has 0 radical (unpaired) electrons. The van der Waals surface area contributed by atoms with Gasteiger partial charge in [-0.25, -0.2) is 17.9 Å². The van der Waals surface area contributed by atoms with Crippen LogP contribution in [0, 0.1) is 13.8 Å². The number of aromatic nitrogens is 1. The van der Waals surface area contributed by atoms with Crippen LogP contribution in [0.4, 0.5) is 0 Å². The fourth-order valence-electron chi connectivity index (χ4n) is 3.26. The molecular weight excluding hydrogens is 392 g/mol. The van der Waals surface area contributed by atoms with E-state index in [0.717, 1.165) is 11.4 Å². The molecule has 1 aromatic carbocycles. The number of sulfonamides is 1. The van der Waals surface area contributed by atoms with Gasteiger partial charge in [-0.2, -0.15) is 0 Å². The number of carbonyl (C=O) groups excluding carboxylic acids is 2. The average molecular weight is 421 g/mol. The largest absolute Gasteiger partial charge is 0.454 e. The first-order valence-electron chi connectivity index (χ1n) is 9.57. The van der Waals surface area contributed by atoms with E-state index in [1.165, 1.54) is 24.3 Å². The maximum Gasteiger partial charge on any atom is 0.338 e. The molecule has 29 heavy (non-hydrogen) atoms. The van der Waals surface area contributed by atoms with E-state index >= 15 is 0 Å². The molecule has 158 valence electrons. The Hall–Kier alpha value is -2.45. The Kier molecular flexibility index (Phi) is 7.37. The summed E-state index contributed by atoms with van der Waals surface area (Å²) in [5.74, 6) is -1.05. The normalized spacial score (nSPS) is 11.7. The molecule has 0 saturated carbocycles. The van der Waals surface area contributed by atoms with Crippen molar-refractivity contribution in [1.29, 1.82) is 0 Å². The van der Waals surface area contributed by atoms with Crippen LogP contribution in [0.3, 0.4) is 0 Å². The molecule has 0 aliphatic rings. The molecule has 0 aliphatic carbocycles. The number of carbonyl (C=O) groups is 2. The Labute approximate surface area is 172 Å². The number of hydrogen-bond donors (Lipinski definition) is 1. The van der Waals surface area contributed by atoms with E-state index in [0.29, 0.717) is 18.5 Å². The summed E-state index contributed by atoms with van der Waals surface area (Å²) < 4.78 is 34.1. The number of Topliss-reactive ketones (excluding diaryl/α,β-unsaturated/α-hetero) is 1. The van der Waals surface area contributed by atoms with E-state index in [4.69, 9.17) is 4.74 Å². The van der Waals surface area contributed by atoms with Crippen LogP contribution in [0.2, 0.25) is 0 Å².